The monoisotopic (exact) mass is 261 g/mol. The summed E-state index contributed by atoms with van der Waals surface area (Å²) in [4.78, 5) is 13.4. The van der Waals surface area contributed by atoms with Gasteiger partial charge in [-0.3, -0.25) is 15.0 Å². The molecule has 2 aliphatic rings. The molecule has 0 radical (unpaired) electrons. The largest absolute Gasteiger partial charge is 0.330 e. The number of nitrogens with two attached hydrogens (primary N) is 1. The van der Waals surface area contributed by atoms with Gasteiger partial charge >= 0.3 is 0 Å². The van der Waals surface area contributed by atoms with Crippen molar-refractivity contribution in [3.05, 3.63) is 39.9 Å². The van der Waals surface area contributed by atoms with E-state index in [1.807, 2.05) is 12.1 Å². The van der Waals surface area contributed by atoms with Crippen molar-refractivity contribution in [1.29, 1.82) is 0 Å². The number of nitro groups is 1. The normalized spacial score (nSPS) is 27.6. The molecule has 0 aromatic heterocycles. The van der Waals surface area contributed by atoms with Gasteiger partial charge in [-0.1, -0.05) is 18.2 Å². The molecule has 19 heavy (non-hydrogen) atoms. The number of likely N-dealkylation sites (tertiary alicyclic amines) is 1. The van der Waals surface area contributed by atoms with Gasteiger partial charge in [0.05, 0.1) is 4.92 Å². The predicted molar refractivity (Wildman–Crippen MR) is 72.7 cm³/mol. The lowest BCUT2D eigenvalue weighted by Gasteiger charge is -2.27. The molecular formula is C14H19N3O2. The first kappa shape index (κ1) is 12.6. The number of nitrogens with zero attached hydrogens (tertiary/aromatic N) is 2. The molecule has 1 aromatic rings. The van der Waals surface area contributed by atoms with Crippen molar-refractivity contribution in [1.82, 2.24) is 4.90 Å². The summed E-state index contributed by atoms with van der Waals surface area (Å²) in [5.74, 6) is 0.335. The number of benzene rings is 1. The summed E-state index contributed by atoms with van der Waals surface area (Å²) in [6.07, 6.45) is 3.48. The number of rotatable bonds is 4. The van der Waals surface area contributed by atoms with E-state index in [9.17, 15) is 10.1 Å². The zero-order valence-corrected chi connectivity index (χ0v) is 10.9. The Hall–Kier alpha value is -1.46. The van der Waals surface area contributed by atoms with Gasteiger partial charge in [-0.15, -0.1) is 0 Å². The molecule has 0 amide bonds. The van der Waals surface area contributed by atoms with Crippen molar-refractivity contribution in [3.63, 3.8) is 0 Å². The van der Waals surface area contributed by atoms with E-state index in [1.165, 1.54) is 12.8 Å². The molecule has 2 atom stereocenters. The zero-order valence-electron chi connectivity index (χ0n) is 10.9. The number of hydrogen-bond donors (Lipinski definition) is 1. The molecule has 1 heterocycles. The van der Waals surface area contributed by atoms with E-state index in [4.69, 9.17) is 5.73 Å². The first-order chi connectivity index (χ1) is 9.22. The van der Waals surface area contributed by atoms with Crippen LogP contribution in [0.1, 0.15) is 30.9 Å². The van der Waals surface area contributed by atoms with Crippen LogP contribution in [0, 0.1) is 16.0 Å². The Morgan fingerprint density at radius 2 is 2.05 bits per heavy atom. The van der Waals surface area contributed by atoms with E-state index in [-0.39, 0.29) is 16.7 Å². The van der Waals surface area contributed by atoms with Gasteiger partial charge in [-0.05, 0) is 38.3 Å². The van der Waals surface area contributed by atoms with Crippen molar-refractivity contribution < 1.29 is 4.92 Å². The van der Waals surface area contributed by atoms with Gasteiger partial charge < -0.3 is 5.73 Å². The van der Waals surface area contributed by atoms with Gasteiger partial charge in [-0.2, -0.15) is 0 Å². The maximum absolute atomic E-state index is 11.2. The summed E-state index contributed by atoms with van der Waals surface area (Å²) >= 11 is 0. The molecule has 102 valence electrons. The van der Waals surface area contributed by atoms with Crippen LogP contribution in [0.3, 0.4) is 0 Å². The van der Waals surface area contributed by atoms with Crippen molar-refractivity contribution in [2.45, 2.75) is 31.3 Å². The van der Waals surface area contributed by atoms with E-state index in [2.05, 4.69) is 4.90 Å². The lowest BCUT2D eigenvalue weighted by molar-refractivity contribution is -0.386. The second kappa shape index (κ2) is 4.90. The van der Waals surface area contributed by atoms with E-state index in [0.717, 1.165) is 18.5 Å². The molecule has 2 N–H and O–H groups in total. The Morgan fingerprint density at radius 1 is 1.32 bits per heavy atom. The molecule has 5 nitrogen and oxygen atoms in total. The molecule has 0 bridgehead atoms. The van der Waals surface area contributed by atoms with Crippen LogP contribution < -0.4 is 5.73 Å². The highest BCUT2D eigenvalue weighted by Crippen LogP contribution is 2.45. The summed E-state index contributed by atoms with van der Waals surface area (Å²) in [7, 11) is 0. The minimum absolute atomic E-state index is 0.124. The fraction of sp³-hybridized carbons (Fsp3) is 0.571. The lowest BCUT2D eigenvalue weighted by Crippen LogP contribution is -2.30. The second-order valence-corrected chi connectivity index (χ2v) is 5.51. The summed E-state index contributed by atoms with van der Waals surface area (Å²) < 4.78 is 0. The van der Waals surface area contributed by atoms with Gasteiger partial charge in [0, 0.05) is 23.7 Å². The maximum Gasteiger partial charge on any atom is 0.274 e. The van der Waals surface area contributed by atoms with Gasteiger partial charge in [-0.25, -0.2) is 0 Å². The number of hydrogen-bond acceptors (Lipinski definition) is 4. The second-order valence-electron chi connectivity index (χ2n) is 5.51. The molecule has 1 aliphatic carbocycles. The van der Waals surface area contributed by atoms with Crippen LogP contribution in [0.5, 0.6) is 0 Å². The highest BCUT2D eigenvalue weighted by Gasteiger charge is 2.44. The molecular weight excluding hydrogens is 242 g/mol. The van der Waals surface area contributed by atoms with E-state index < -0.39 is 0 Å². The molecule has 1 aromatic carbocycles. The van der Waals surface area contributed by atoms with E-state index in [0.29, 0.717) is 18.5 Å². The quantitative estimate of drug-likeness (QED) is 0.665. The molecule has 3 rings (SSSR count). The third-order valence-electron chi connectivity index (χ3n) is 4.33. The van der Waals surface area contributed by atoms with Gasteiger partial charge in [0.25, 0.3) is 5.69 Å². The fourth-order valence-corrected chi connectivity index (χ4v) is 3.28. The number of para-hydroxylation sites is 1. The molecule has 2 fully saturated rings. The smallest absolute Gasteiger partial charge is 0.274 e. The summed E-state index contributed by atoms with van der Waals surface area (Å²) in [5.41, 5.74) is 6.95. The predicted octanol–water partition coefficient (Wildman–Crippen LogP) is 2.08. The van der Waals surface area contributed by atoms with Crippen molar-refractivity contribution in [2.24, 2.45) is 11.7 Å². The van der Waals surface area contributed by atoms with Gasteiger partial charge in [0.1, 0.15) is 0 Å². The van der Waals surface area contributed by atoms with Crippen LogP contribution in [-0.4, -0.2) is 29.0 Å². The minimum Gasteiger partial charge on any atom is -0.330 e. The maximum atomic E-state index is 11.2. The van der Waals surface area contributed by atoms with Gasteiger partial charge in [0.15, 0.2) is 0 Å². The Morgan fingerprint density at radius 3 is 2.68 bits per heavy atom. The lowest BCUT2D eigenvalue weighted by atomic mass is 9.92. The molecule has 0 spiro atoms. The fourth-order valence-electron chi connectivity index (χ4n) is 3.28. The molecule has 1 aliphatic heterocycles. The zero-order chi connectivity index (χ0) is 13.4. The third-order valence-corrected chi connectivity index (χ3v) is 4.33. The van der Waals surface area contributed by atoms with Crippen molar-refractivity contribution in [3.8, 4) is 0 Å². The van der Waals surface area contributed by atoms with Crippen LogP contribution in [0.15, 0.2) is 24.3 Å². The average molecular weight is 261 g/mol. The van der Waals surface area contributed by atoms with Gasteiger partial charge in [0.2, 0.25) is 0 Å². The summed E-state index contributed by atoms with van der Waals surface area (Å²) in [6.45, 7) is 1.61. The van der Waals surface area contributed by atoms with E-state index >= 15 is 0 Å². The third kappa shape index (κ3) is 2.24. The van der Waals surface area contributed by atoms with Crippen molar-refractivity contribution >= 4 is 5.69 Å². The van der Waals surface area contributed by atoms with E-state index in [1.54, 1.807) is 12.1 Å². The first-order valence-electron chi connectivity index (χ1n) is 6.91. The summed E-state index contributed by atoms with van der Waals surface area (Å²) in [6, 6.07) is 7.85. The Bertz CT molecular complexity index is 487. The van der Waals surface area contributed by atoms with Crippen molar-refractivity contribution in [2.75, 3.05) is 13.1 Å². The summed E-state index contributed by atoms with van der Waals surface area (Å²) in [5, 5.41) is 11.2. The van der Waals surface area contributed by atoms with Crippen LogP contribution in [-0.2, 0) is 0 Å². The average Bonchev–Trinajstić information content (AvgIpc) is 3.18. The molecule has 5 heteroatoms. The first-order valence-corrected chi connectivity index (χ1v) is 6.91. The molecule has 1 saturated carbocycles. The highest BCUT2D eigenvalue weighted by molar-refractivity contribution is 5.43. The number of nitro benzene ring substituents is 1. The Kier molecular flexibility index (Phi) is 3.24. The van der Waals surface area contributed by atoms with Crippen LogP contribution >= 0.6 is 0 Å². The minimum atomic E-state index is -0.272. The van der Waals surface area contributed by atoms with Crippen LogP contribution in [0.2, 0.25) is 0 Å². The molecule has 1 saturated heterocycles. The van der Waals surface area contributed by atoms with Crippen LogP contribution in [0.4, 0.5) is 5.69 Å². The molecule has 2 unspecified atom stereocenters. The Balaban J connectivity index is 1.99. The standard InChI is InChI=1S/C14H19N3O2/c15-9-10-7-8-16(11-5-6-11)14(10)12-3-1-2-4-13(12)17(18)19/h1-4,10-11,14H,5-9,15H2. The SMILES string of the molecule is NCC1CCN(C2CC2)C1c1ccccc1[N+](=O)[O-]. The highest BCUT2D eigenvalue weighted by atomic mass is 16.6. The topological polar surface area (TPSA) is 72.4 Å². The Labute approximate surface area is 112 Å². The van der Waals surface area contributed by atoms with Crippen LogP contribution in [0.25, 0.3) is 0 Å².